The van der Waals surface area contributed by atoms with Gasteiger partial charge in [-0.25, -0.2) is 0 Å². The maximum atomic E-state index is 5.99. The SMILES string of the molecule is CC(C)CN=C(N)N1CCCC(C)CC1. The highest BCUT2D eigenvalue weighted by molar-refractivity contribution is 5.78. The first-order chi connectivity index (χ1) is 7.09. The first-order valence-electron chi connectivity index (χ1n) is 6.14. The van der Waals surface area contributed by atoms with E-state index in [1.807, 2.05) is 0 Å². The van der Waals surface area contributed by atoms with Gasteiger partial charge in [-0.1, -0.05) is 20.8 Å². The second kappa shape index (κ2) is 5.99. The zero-order valence-electron chi connectivity index (χ0n) is 10.4. The molecule has 88 valence electrons. The van der Waals surface area contributed by atoms with E-state index in [4.69, 9.17) is 5.73 Å². The zero-order valence-corrected chi connectivity index (χ0v) is 10.4. The molecule has 2 N–H and O–H groups in total. The van der Waals surface area contributed by atoms with Crippen LogP contribution in [0.15, 0.2) is 4.99 Å². The Kier molecular flexibility index (Phi) is 4.92. The van der Waals surface area contributed by atoms with Crippen molar-refractivity contribution in [1.29, 1.82) is 0 Å². The van der Waals surface area contributed by atoms with E-state index in [1.165, 1.54) is 19.3 Å². The van der Waals surface area contributed by atoms with Gasteiger partial charge in [0.25, 0.3) is 0 Å². The lowest BCUT2D eigenvalue weighted by Gasteiger charge is -2.21. The number of rotatable bonds is 2. The van der Waals surface area contributed by atoms with E-state index in [0.717, 1.165) is 31.5 Å². The van der Waals surface area contributed by atoms with Gasteiger partial charge in [-0.15, -0.1) is 0 Å². The molecule has 0 aromatic heterocycles. The summed E-state index contributed by atoms with van der Waals surface area (Å²) in [6, 6.07) is 0. The quantitative estimate of drug-likeness (QED) is 0.561. The van der Waals surface area contributed by atoms with Crippen molar-refractivity contribution >= 4 is 5.96 Å². The molecule has 15 heavy (non-hydrogen) atoms. The average Bonchev–Trinajstić information content (AvgIpc) is 2.39. The highest BCUT2D eigenvalue weighted by atomic mass is 15.2. The molecule has 1 rings (SSSR count). The van der Waals surface area contributed by atoms with Crippen molar-refractivity contribution in [1.82, 2.24) is 4.90 Å². The lowest BCUT2D eigenvalue weighted by Crippen LogP contribution is -2.38. The summed E-state index contributed by atoms with van der Waals surface area (Å²) in [6.45, 7) is 9.66. The lowest BCUT2D eigenvalue weighted by molar-refractivity contribution is 0.418. The van der Waals surface area contributed by atoms with Crippen LogP contribution in [0.1, 0.15) is 40.0 Å². The molecule has 0 amide bonds. The number of nitrogens with zero attached hydrogens (tertiary/aromatic N) is 2. The Hall–Kier alpha value is -0.730. The van der Waals surface area contributed by atoms with Crippen molar-refractivity contribution in [3.8, 4) is 0 Å². The van der Waals surface area contributed by atoms with Crippen LogP contribution in [-0.2, 0) is 0 Å². The van der Waals surface area contributed by atoms with E-state index < -0.39 is 0 Å². The van der Waals surface area contributed by atoms with Crippen molar-refractivity contribution in [2.24, 2.45) is 22.6 Å². The van der Waals surface area contributed by atoms with Crippen molar-refractivity contribution in [3.05, 3.63) is 0 Å². The Labute approximate surface area is 93.7 Å². The second-order valence-electron chi connectivity index (χ2n) is 5.12. The summed E-state index contributed by atoms with van der Waals surface area (Å²) in [5.74, 6) is 2.18. The predicted molar refractivity (Wildman–Crippen MR) is 65.9 cm³/mol. The number of guanidine groups is 1. The summed E-state index contributed by atoms with van der Waals surface area (Å²) in [4.78, 5) is 6.68. The van der Waals surface area contributed by atoms with E-state index in [0.29, 0.717) is 5.92 Å². The number of nitrogens with two attached hydrogens (primary N) is 1. The third kappa shape index (κ3) is 4.54. The first kappa shape index (κ1) is 12.3. The van der Waals surface area contributed by atoms with E-state index in [1.54, 1.807) is 0 Å². The molecule has 3 heteroatoms. The van der Waals surface area contributed by atoms with Crippen LogP contribution in [0.4, 0.5) is 0 Å². The number of hydrogen-bond donors (Lipinski definition) is 1. The number of hydrogen-bond acceptors (Lipinski definition) is 1. The fourth-order valence-electron chi connectivity index (χ4n) is 1.87. The molecule has 1 unspecified atom stereocenters. The molecule has 1 atom stereocenters. The summed E-state index contributed by atoms with van der Waals surface area (Å²) in [5, 5.41) is 0. The van der Waals surface area contributed by atoms with Crippen LogP contribution >= 0.6 is 0 Å². The molecule has 0 spiro atoms. The van der Waals surface area contributed by atoms with Crippen LogP contribution < -0.4 is 5.73 Å². The monoisotopic (exact) mass is 211 g/mol. The Morgan fingerprint density at radius 1 is 1.40 bits per heavy atom. The van der Waals surface area contributed by atoms with Gasteiger partial charge in [0.2, 0.25) is 0 Å². The Balaban J connectivity index is 2.44. The van der Waals surface area contributed by atoms with Crippen molar-refractivity contribution in [2.45, 2.75) is 40.0 Å². The summed E-state index contributed by atoms with van der Waals surface area (Å²) in [5.41, 5.74) is 5.99. The normalized spacial score (nSPS) is 24.4. The zero-order chi connectivity index (χ0) is 11.3. The molecule has 0 bridgehead atoms. The topological polar surface area (TPSA) is 41.6 Å². The summed E-state index contributed by atoms with van der Waals surface area (Å²) < 4.78 is 0. The average molecular weight is 211 g/mol. The van der Waals surface area contributed by atoms with Gasteiger partial charge in [0.05, 0.1) is 0 Å². The van der Waals surface area contributed by atoms with Crippen LogP contribution in [0.25, 0.3) is 0 Å². The summed E-state index contributed by atoms with van der Waals surface area (Å²) in [6.07, 6.45) is 3.82. The standard InChI is InChI=1S/C12H25N3/c1-10(2)9-14-12(13)15-7-4-5-11(3)6-8-15/h10-11H,4-9H2,1-3H3,(H2,13,14). The van der Waals surface area contributed by atoms with Gasteiger partial charge < -0.3 is 10.6 Å². The van der Waals surface area contributed by atoms with Crippen LogP contribution in [-0.4, -0.2) is 30.5 Å². The fraction of sp³-hybridized carbons (Fsp3) is 0.917. The Bertz CT molecular complexity index is 211. The van der Waals surface area contributed by atoms with Crippen molar-refractivity contribution < 1.29 is 0 Å². The fourth-order valence-corrected chi connectivity index (χ4v) is 1.87. The molecule has 1 saturated heterocycles. The minimum absolute atomic E-state index is 0.592. The van der Waals surface area contributed by atoms with E-state index in [-0.39, 0.29) is 0 Å². The lowest BCUT2D eigenvalue weighted by atomic mass is 10.0. The van der Waals surface area contributed by atoms with Gasteiger partial charge >= 0.3 is 0 Å². The molecule has 0 radical (unpaired) electrons. The minimum atomic E-state index is 0.592. The van der Waals surface area contributed by atoms with Crippen LogP contribution in [0.5, 0.6) is 0 Å². The summed E-state index contributed by atoms with van der Waals surface area (Å²) >= 11 is 0. The second-order valence-corrected chi connectivity index (χ2v) is 5.12. The molecule has 0 aromatic carbocycles. The molecule has 1 heterocycles. The maximum Gasteiger partial charge on any atom is 0.191 e. The maximum absolute atomic E-state index is 5.99. The molecule has 1 aliphatic heterocycles. The molecule has 1 fully saturated rings. The van der Waals surface area contributed by atoms with Gasteiger partial charge in [-0.2, -0.15) is 0 Å². The highest BCUT2D eigenvalue weighted by Gasteiger charge is 2.14. The molecule has 3 nitrogen and oxygen atoms in total. The van der Waals surface area contributed by atoms with Gasteiger partial charge in [0.1, 0.15) is 0 Å². The third-order valence-corrected chi connectivity index (χ3v) is 2.96. The minimum Gasteiger partial charge on any atom is -0.370 e. The smallest absolute Gasteiger partial charge is 0.191 e. The molecule has 0 saturated carbocycles. The van der Waals surface area contributed by atoms with Gasteiger partial charge in [0.15, 0.2) is 5.96 Å². The molecular weight excluding hydrogens is 186 g/mol. The summed E-state index contributed by atoms with van der Waals surface area (Å²) in [7, 11) is 0. The largest absolute Gasteiger partial charge is 0.370 e. The van der Waals surface area contributed by atoms with Gasteiger partial charge in [-0.3, -0.25) is 4.99 Å². The van der Waals surface area contributed by atoms with Crippen molar-refractivity contribution in [2.75, 3.05) is 19.6 Å². The van der Waals surface area contributed by atoms with Crippen LogP contribution in [0.2, 0.25) is 0 Å². The van der Waals surface area contributed by atoms with Gasteiger partial charge in [-0.05, 0) is 31.1 Å². The van der Waals surface area contributed by atoms with E-state index in [2.05, 4.69) is 30.7 Å². The third-order valence-electron chi connectivity index (χ3n) is 2.96. The molecule has 0 aromatic rings. The molecule has 1 aliphatic rings. The Morgan fingerprint density at radius 3 is 2.80 bits per heavy atom. The highest BCUT2D eigenvalue weighted by Crippen LogP contribution is 2.16. The van der Waals surface area contributed by atoms with Crippen LogP contribution in [0, 0.1) is 11.8 Å². The number of aliphatic imine (C=N–C) groups is 1. The Morgan fingerprint density at radius 2 is 2.13 bits per heavy atom. The molecule has 0 aliphatic carbocycles. The predicted octanol–water partition coefficient (Wildman–Crippen LogP) is 2.08. The van der Waals surface area contributed by atoms with E-state index >= 15 is 0 Å². The first-order valence-corrected chi connectivity index (χ1v) is 6.14. The van der Waals surface area contributed by atoms with E-state index in [9.17, 15) is 0 Å². The van der Waals surface area contributed by atoms with Crippen LogP contribution in [0.3, 0.4) is 0 Å². The number of likely N-dealkylation sites (tertiary alicyclic amines) is 1. The van der Waals surface area contributed by atoms with Gasteiger partial charge in [0, 0.05) is 19.6 Å². The molecular formula is C12H25N3. The van der Waals surface area contributed by atoms with Crippen molar-refractivity contribution in [3.63, 3.8) is 0 Å².